The van der Waals surface area contributed by atoms with Crippen LogP contribution in [-0.2, 0) is 4.74 Å². The fourth-order valence-corrected chi connectivity index (χ4v) is 12.0. The molecule has 6 aliphatic rings. The molecule has 2 heteroatoms. The zero-order chi connectivity index (χ0) is 22.1. The molecule has 5 aliphatic carbocycles. The highest BCUT2D eigenvalue weighted by molar-refractivity contribution is 5.25. The van der Waals surface area contributed by atoms with Crippen LogP contribution in [0.15, 0.2) is 0 Å². The SMILES string of the molecule is CC1(C)CCC[C@]2(C)C1CC[C@@]1(C)C2CC[C@]2(O)[C@]1(C)CCC1[C@H]([C@@H]3CO3)CC[C@]12C. The summed E-state index contributed by atoms with van der Waals surface area (Å²) >= 11 is 0. The van der Waals surface area contributed by atoms with Gasteiger partial charge in [0.2, 0.25) is 0 Å². The first-order valence-electron chi connectivity index (χ1n) is 13.8. The molecule has 1 heterocycles. The van der Waals surface area contributed by atoms with Gasteiger partial charge in [-0.15, -0.1) is 0 Å². The van der Waals surface area contributed by atoms with Gasteiger partial charge in [-0.25, -0.2) is 0 Å². The van der Waals surface area contributed by atoms with Crippen LogP contribution in [0.5, 0.6) is 0 Å². The average molecular weight is 429 g/mol. The van der Waals surface area contributed by atoms with Gasteiger partial charge in [-0.2, -0.15) is 0 Å². The first kappa shape index (κ1) is 21.5. The van der Waals surface area contributed by atoms with Gasteiger partial charge in [0, 0.05) is 10.8 Å². The maximum Gasteiger partial charge on any atom is 0.0840 e. The van der Waals surface area contributed by atoms with Crippen molar-refractivity contribution in [2.24, 2.45) is 50.7 Å². The van der Waals surface area contributed by atoms with Crippen LogP contribution in [0.4, 0.5) is 0 Å². The third-order valence-corrected chi connectivity index (χ3v) is 13.8. The largest absolute Gasteiger partial charge is 0.389 e. The molecule has 0 aromatic carbocycles. The summed E-state index contributed by atoms with van der Waals surface area (Å²) in [6.07, 6.45) is 14.7. The monoisotopic (exact) mass is 428 g/mol. The molecule has 10 atom stereocenters. The third kappa shape index (κ3) is 2.34. The van der Waals surface area contributed by atoms with Gasteiger partial charge in [-0.3, -0.25) is 0 Å². The van der Waals surface area contributed by atoms with E-state index in [2.05, 4.69) is 41.5 Å². The van der Waals surface area contributed by atoms with E-state index in [1.54, 1.807) is 0 Å². The summed E-state index contributed by atoms with van der Waals surface area (Å²) in [4.78, 5) is 0. The molecule has 1 saturated heterocycles. The Labute approximate surface area is 191 Å². The predicted molar refractivity (Wildman–Crippen MR) is 126 cm³/mol. The molecular formula is C29H48O2. The molecule has 2 nitrogen and oxygen atoms in total. The van der Waals surface area contributed by atoms with E-state index in [1.165, 1.54) is 64.2 Å². The Morgan fingerprint density at radius 2 is 1.39 bits per heavy atom. The number of hydrogen-bond acceptors (Lipinski definition) is 2. The Kier molecular flexibility index (Phi) is 4.24. The van der Waals surface area contributed by atoms with Crippen LogP contribution >= 0.6 is 0 Å². The molecule has 0 aromatic rings. The molecule has 0 amide bonds. The first-order chi connectivity index (χ1) is 14.4. The molecule has 1 aliphatic heterocycles. The van der Waals surface area contributed by atoms with E-state index in [0.717, 1.165) is 24.9 Å². The first-order valence-corrected chi connectivity index (χ1v) is 13.8. The van der Waals surface area contributed by atoms with Crippen LogP contribution in [0.25, 0.3) is 0 Å². The number of rotatable bonds is 1. The van der Waals surface area contributed by atoms with Crippen molar-refractivity contribution in [2.45, 2.75) is 124 Å². The summed E-state index contributed by atoms with van der Waals surface area (Å²) in [6, 6.07) is 0. The minimum absolute atomic E-state index is 0.0447. The predicted octanol–water partition coefficient (Wildman–Crippen LogP) is 6.99. The number of ether oxygens (including phenoxy) is 1. The second-order valence-electron chi connectivity index (χ2n) is 14.8. The lowest BCUT2D eigenvalue weighted by molar-refractivity contribution is -0.312. The average Bonchev–Trinajstić information content (AvgIpc) is 3.46. The molecule has 6 rings (SSSR count). The van der Waals surface area contributed by atoms with Gasteiger partial charge in [0.15, 0.2) is 0 Å². The molecule has 0 bridgehead atoms. The molecule has 0 aromatic heterocycles. The third-order valence-electron chi connectivity index (χ3n) is 13.8. The van der Waals surface area contributed by atoms with E-state index in [0.29, 0.717) is 28.8 Å². The van der Waals surface area contributed by atoms with Gasteiger partial charge < -0.3 is 9.84 Å². The number of fused-ring (bicyclic) bond motifs is 7. The Morgan fingerprint density at radius 1 is 0.710 bits per heavy atom. The van der Waals surface area contributed by atoms with Gasteiger partial charge in [0.25, 0.3) is 0 Å². The highest BCUT2D eigenvalue weighted by Gasteiger charge is 2.76. The lowest BCUT2D eigenvalue weighted by atomic mass is 9.30. The summed E-state index contributed by atoms with van der Waals surface area (Å²) in [7, 11) is 0. The van der Waals surface area contributed by atoms with Crippen LogP contribution in [-0.4, -0.2) is 23.4 Å². The summed E-state index contributed by atoms with van der Waals surface area (Å²) in [5.41, 5.74) is 0.815. The quantitative estimate of drug-likeness (QED) is 0.456. The van der Waals surface area contributed by atoms with Crippen molar-refractivity contribution in [1.82, 2.24) is 0 Å². The normalized spacial score (nSPS) is 62.2. The lowest BCUT2D eigenvalue weighted by Gasteiger charge is -2.75. The second-order valence-corrected chi connectivity index (χ2v) is 14.8. The number of epoxide rings is 1. The van der Waals surface area contributed by atoms with Gasteiger partial charge in [0.05, 0.1) is 18.3 Å². The van der Waals surface area contributed by atoms with E-state index in [9.17, 15) is 5.11 Å². The van der Waals surface area contributed by atoms with Crippen molar-refractivity contribution < 1.29 is 9.84 Å². The van der Waals surface area contributed by atoms with Crippen molar-refractivity contribution in [3.8, 4) is 0 Å². The fourth-order valence-electron chi connectivity index (χ4n) is 12.0. The van der Waals surface area contributed by atoms with E-state index < -0.39 is 5.60 Å². The molecule has 176 valence electrons. The van der Waals surface area contributed by atoms with Gasteiger partial charge in [-0.05, 0) is 104 Å². The van der Waals surface area contributed by atoms with Gasteiger partial charge >= 0.3 is 0 Å². The van der Waals surface area contributed by atoms with E-state index in [1.807, 2.05) is 0 Å². The topological polar surface area (TPSA) is 32.8 Å². The molecule has 1 N–H and O–H groups in total. The smallest absolute Gasteiger partial charge is 0.0840 e. The zero-order valence-corrected chi connectivity index (χ0v) is 21.2. The Bertz CT molecular complexity index is 771. The van der Waals surface area contributed by atoms with Gasteiger partial charge in [0.1, 0.15) is 0 Å². The van der Waals surface area contributed by atoms with Crippen LogP contribution in [0, 0.1) is 50.7 Å². The standard InChI is InChI=1S/C29H48O2/c1-24(2)12-7-13-25(3)22(24)10-15-27(5)23(25)11-17-29(30)26(4)14-8-19(21-18-31-21)20(26)9-16-28(27,29)6/h19-23,30H,7-18H2,1-6H3/t19-,20?,21+,22?,23?,25-,26-,27+,28-,29-/m1/s1. The molecule has 0 radical (unpaired) electrons. The molecule has 0 spiro atoms. The van der Waals surface area contributed by atoms with Crippen molar-refractivity contribution in [1.29, 1.82) is 0 Å². The maximum atomic E-state index is 12.8. The van der Waals surface area contributed by atoms with Crippen LogP contribution in [0.2, 0.25) is 0 Å². The highest BCUT2D eigenvalue weighted by atomic mass is 16.6. The van der Waals surface area contributed by atoms with Crippen molar-refractivity contribution >= 4 is 0 Å². The van der Waals surface area contributed by atoms with E-state index >= 15 is 0 Å². The maximum absolute atomic E-state index is 12.8. The van der Waals surface area contributed by atoms with Gasteiger partial charge in [-0.1, -0.05) is 48.0 Å². The second kappa shape index (κ2) is 6.12. The molecule has 6 fully saturated rings. The Hall–Kier alpha value is -0.0800. The van der Waals surface area contributed by atoms with Crippen LogP contribution in [0.1, 0.15) is 112 Å². The summed E-state index contributed by atoms with van der Waals surface area (Å²) in [5, 5.41) is 12.8. The van der Waals surface area contributed by atoms with Crippen LogP contribution < -0.4 is 0 Å². The fraction of sp³-hybridized carbons (Fsp3) is 1.00. The molecular weight excluding hydrogens is 380 g/mol. The zero-order valence-electron chi connectivity index (χ0n) is 21.2. The lowest BCUT2D eigenvalue weighted by Crippen LogP contribution is -2.73. The summed E-state index contributed by atoms with van der Waals surface area (Å²) < 4.78 is 5.80. The van der Waals surface area contributed by atoms with Crippen LogP contribution in [0.3, 0.4) is 0 Å². The molecule has 3 unspecified atom stereocenters. The highest BCUT2D eigenvalue weighted by Crippen LogP contribution is 2.79. The minimum atomic E-state index is -0.509. The van der Waals surface area contributed by atoms with Crippen molar-refractivity contribution in [3.63, 3.8) is 0 Å². The van der Waals surface area contributed by atoms with Crippen molar-refractivity contribution in [2.75, 3.05) is 6.61 Å². The Morgan fingerprint density at radius 3 is 2.10 bits per heavy atom. The van der Waals surface area contributed by atoms with E-state index in [4.69, 9.17) is 4.74 Å². The van der Waals surface area contributed by atoms with Crippen molar-refractivity contribution in [3.05, 3.63) is 0 Å². The molecule has 5 saturated carbocycles. The van der Waals surface area contributed by atoms with E-state index in [-0.39, 0.29) is 16.2 Å². The Balaban J connectivity index is 1.41. The summed E-state index contributed by atoms with van der Waals surface area (Å²) in [5.74, 6) is 3.00. The number of hydrogen-bond donors (Lipinski definition) is 1. The molecule has 31 heavy (non-hydrogen) atoms. The number of aliphatic hydroxyl groups is 1. The summed E-state index contributed by atoms with van der Waals surface area (Å²) in [6.45, 7) is 16.5. The minimum Gasteiger partial charge on any atom is -0.389 e.